The van der Waals surface area contributed by atoms with Crippen molar-refractivity contribution in [3.05, 3.63) is 47.0 Å². The molecule has 1 aromatic carbocycles. The summed E-state index contributed by atoms with van der Waals surface area (Å²) in [6.45, 7) is 1.34. The Bertz CT molecular complexity index is 861. The third kappa shape index (κ3) is 3.90. The summed E-state index contributed by atoms with van der Waals surface area (Å²) in [5.41, 5.74) is 6.69. The first-order chi connectivity index (χ1) is 10.7. The Morgan fingerprint density at radius 3 is 2.79 bits per heavy atom. The second-order valence-electron chi connectivity index (χ2n) is 5.05. The number of H-pyrrole nitrogens is 1. The lowest BCUT2D eigenvalue weighted by Crippen LogP contribution is -2.13. The quantitative estimate of drug-likeness (QED) is 0.722. The molecule has 0 spiro atoms. The fourth-order valence-corrected chi connectivity index (χ4v) is 2.47. The molecule has 0 radical (unpaired) electrons. The summed E-state index contributed by atoms with van der Waals surface area (Å²) in [6, 6.07) is 7.45. The van der Waals surface area contributed by atoms with Crippen LogP contribution in [0.15, 0.2) is 41.5 Å². The SMILES string of the molecule is COc1ccc2cc(-c3nccn3CCCN)c(=O)[nH]c2c1.Cl.Cl. The van der Waals surface area contributed by atoms with Crippen LogP contribution in [0.2, 0.25) is 0 Å². The van der Waals surface area contributed by atoms with Gasteiger partial charge in [0.05, 0.1) is 18.2 Å². The first-order valence-electron chi connectivity index (χ1n) is 7.15. The Hall–Kier alpha value is -2.02. The van der Waals surface area contributed by atoms with Crippen LogP contribution in [-0.2, 0) is 6.54 Å². The molecule has 3 aromatic rings. The molecule has 3 rings (SSSR count). The summed E-state index contributed by atoms with van der Waals surface area (Å²) < 4.78 is 7.13. The van der Waals surface area contributed by atoms with Crippen molar-refractivity contribution in [3.63, 3.8) is 0 Å². The topological polar surface area (TPSA) is 85.9 Å². The van der Waals surface area contributed by atoms with Crippen molar-refractivity contribution in [2.24, 2.45) is 5.73 Å². The molecule has 0 unspecified atom stereocenters. The average molecular weight is 371 g/mol. The predicted octanol–water partition coefficient (Wildman–Crippen LogP) is 2.59. The van der Waals surface area contributed by atoms with Crippen molar-refractivity contribution in [2.75, 3.05) is 13.7 Å². The molecule has 0 aliphatic rings. The van der Waals surface area contributed by atoms with Crippen molar-refractivity contribution in [1.82, 2.24) is 14.5 Å². The molecule has 130 valence electrons. The van der Waals surface area contributed by atoms with Crippen LogP contribution in [0.5, 0.6) is 5.75 Å². The van der Waals surface area contributed by atoms with Crippen molar-refractivity contribution in [2.45, 2.75) is 13.0 Å². The lowest BCUT2D eigenvalue weighted by Gasteiger charge is -2.08. The minimum absolute atomic E-state index is 0. The van der Waals surface area contributed by atoms with Gasteiger partial charge in [0, 0.05) is 25.0 Å². The molecule has 0 saturated heterocycles. The maximum Gasteiger partial charge on any atom is 0.259 e. The Morgan fingerprint density at radius 1 is 1.29 bits per heavy atom. The number of rotatable bonds is 5. The van der Waals surface area contributed by atoms with Crippen LogP contribution in [0, 0.1) is 0 Å². The van der Waals surface area contributed by atoms with Gasteiger partial charge in [-0.15, -0.1) is 24.8 Å². The summed E-state index contributed by atoms with van der Waals surface area (Å²) in [5.74, 6) is 1.37. The second-order valence-corrected chi connectivity index (χ2v) is 5.05. The normalized spacial score (nSPS) is 10.1. The number of methoxy groups -OCH3 is 1. The van der Waals surface area contributed by atoms with E-state index in [1.54, 1.807) is 19.4 Å². The smallest absolute Gasteiger partial charge is 0.259 e. The van der Waals surface area contributed by atoms with E-state index in [0.717, 1.165) is 23.9 Å². The summed E-state index contributed by atoms with van der Waals surface area (Å²) in [7, 11) is 1.60. The lowest BCUT2D eigenvalue weighted by atomic mass is 10.1. The van der Waals surface area contributed by atoms with E-state index >= 15 is 0 Å². The van der Waals surface area contributed by atoms with Gasteiger partial charge in [-0.25, -0.2) is 4.98 Å². The van der Waals surface area contributed by atoms with E-state index in [0.29, 0.717) is 23.7 Å². The van der Waals surface area contributed by atoms with Crippen LogP contribution >= 0.6 is 24.8 Å². The Labute approximate surface area is 151 Å². The molecular formula is C16H20Cl2N4O2. The Kier molecular flexibility index (Phi) is 7.28. The monoisotopic (exact) mass is 370 g/mol. The number of aromatic nitrogens is 3. The number of halogens is 2. The second kappa shape index (κ2) is 8.73. The molecule has 0 bridgehead atoms. The number of ether oxygens (including phenoxy) is 1. The van der Waals surface area contributed by atoms with Gasteiger partial charge in [0.15, 0.2) is 0 Å². The first kappa shape index (κ1) is 20.0. The van der Waals surface area contributed by atoms with Gasteiger partial charge in [0.2, 0.25) is 0 Å². The molecule has 0 amide bonds. The molecule has 0 fully saturated rings. The van der Waals surface area contributed by atoms with Gasteiger partial charge in [-0.05, 0) is 36.6 Å². The van der Waals surface area contributed by atoms with E-state index in [4.69, 9.17) is 10.5 Å². The van der Waals surface area contributed by atoms with Crippen molar-refractivity contribution in [1.29, 1.82) is 0 Å². The molecule has 0 aliphatic carbocycles. The zero-order valence-electron chi connectivity index (χ0n) is 13.2. The summed E-state index contributed by atoms with van der Waals surface area (Å²) in [4.78, 5) is 19.6. The molecule has 2 aromatic heterocycles. The van der Waals surface area contributed by atoms with E-state index in [2.05, 4.69) is 9.97 Å². The van der Waals surface area contributed by atoms with Crippen molar-refractivity contribution in [3.8, 4) is 17.1 Å². The minimum Gasteiger partial charge on any atom is -0.497 e. The molecule has 8 heteroatoms. The maximum atomic E-state index is 12.4. The molecule has 6 nitrogen and oxygen atoms in total. The van der Waals surface area contributed by atoms with Crippen LogP contribution in [0.3, 0.4) is 0 Å². The summed E-state index contributed by atoms with van der Waals surface area (Å²) in [6.07, 6.45) is 4.40. The van der Waals surface area contributed by atoms with Crippen LogP contribution in [-0.4, -0.2) is 28.2 Å². The van der Waals surface area contributed by atoms with Gasteiger partial charge < -0.3 is 20.0 Å². The largest absolute Gasteiger partial charge is 0.497 e. The average Bonchev–Trinajstić information content (AvgIpc) is 2.99. The highest BCUT2D eigenvalue weighted by Gasteiger charge is 2.11. The predicted molar refractivity (Wildman–Crippen MR) is 101 cm³/mol. The van der Waals surface area contributed by atoms with Gasteiger partial charge >= 0.3 is 0 Å². The number of nitrogens with one attached hydrogen (secondary N) is 1. The van der Waals surface area contributed by atoms with Crippen LogP contribution < -0.4 is 16.0 Å². The number of hydrogen-bond donors (Lipinski definition) is 2. The lowest BCUT2D eigenvalue weighted by molar-refractivity contribution is 0.415. The molecular weight excluding hydrogens is 351 g/mol. The first-order valence-corrected chi connectivity index (χ1v) is 7.15. The number of fused-ring (bicyclic) bond motifs is 1. The highest BCUT2D eigenvalue weighted by Crippen LogP contribution is 2.22. The molecule has 0 aliphatic heterocycles. The minimum atomic E-state index is -0.166. The highest BCUT2D eigenvalue weighted by atomic mass is 35.5. The number of imidazole rings is 1. The number of aryl methyl sites for hydroxylation is 1. The molecule has 0 saturated carbocycles. The zero-order valence-corrected chi connectivity index (χ0v) is 14.8. The van der Waals surface area contributed by atoms with E-state index < -0.39 is 0 Å². The van der Waals surface area contributed by atoms with E-state index in [-0.39, 0.29) is 30.4 Å². The van der Waals surface area contributed by atoms with Gasteiger partial charge in [0.1, 0.15) is 11.6 Å². The van der Waals surface area contributed by atoms with Crippen LogP contribution in [0.25, 0.3) is 22.3 Å². The number of hydrogen-bond acceptors (Lipinski definition) is 4. The van der Waals surface area contributed by atoms with Gasteiger partial charge in [0.25, 0.3) is 5.56 Å². The van der Waals surface area contributed by atoms with Gasteiger partial charge in [-0.1, -0.05) is 0 Å². The number of pyridine rings is 1. The van der Waals surface area contributed by atoms with Gasteiger partial charge in [-0.3, -0.25) is 4.79 Å². The summed E-state index contributed by atoms with van der Waals surface area (Å²) in [5, 5.41) is 0.934. The number of aromatic amines is 1. The van der Waals surface area contributed by atoms with Crippen LogP contribution in [0.1, 0.15) is 6.42 Å². The molecule has 0 atom stereocenters. The van der Waals surface area contributed by atoms with Crippen LogP contribution in [0.4, 0.5) is 0 Å². The maximum absolute atomic E-state index is 12.4. The third-order valence-corrected chi connectivity index (χ3v) is 3.61. The van der Waals surface area contributed by atoms with E-state index in [1.165, 1.54) is 0 Å². The molecule has 2 heterocycles. The fourth-order valence-electron chi connectivity index (χ4n) is 2.47. The standard InChI is InChI=1S/C16H18N4O2.2ClH/c1-22-12-4-3-11-9-13(16(21)19-14(11)10-12)15-18-6-8-20(15)7-2-5-17;;/h3-4,6,8-10H,2,5,7,17H2,1H3,(H,19,21);2*1H. The Morgan fingerprint density at radius 2 is 2.08 bits per heavy atom. The summed E-state index contributed by atoms with van der Waals surface area (Å²) >= 11 is 0. The van der Waals surface area contributed by atoms with E-state index in [9.17, 15) is 4.79 Å². The highest BCUT2D eigenvalue weighted by molar-refractivity contribution is 5.85. The number of benzene rings is 1. The molecule has 3 N–H and O–H groups in total. The van der Waals surface area contributed by atoms with Crippen molar-refractivity contribution >= 4 is 35.7 Å². The number of nitrogens with two attached hydrogens (primary N) is 1. The molecule has 24 heavy (non-hydrogen) atoms. The van der Waals surface area contributed by atoms with Gasteiger partial charge in [-0.2, -0.15) is 0 Å². The fraction of sp³-hybridized carbons (Fsp3) is 0.250. The zero-order chi connectivity index (χ0) is 15.5. The number of nitrogens with zero attached hydrogens (tertiary/aromatic N) is 2. The third-order valence-electron chi connectivity index (χ3n) is 3.61. The van der Waals surface area contributed by atoms with E-state index in [1.807, 2.05) is 29.0 Å². The van der Waals surface area contributed by atoms with Crippen molar-refractivity contribution < 1.29 is 4.74 Å². The Balaban J connectivity index is 0.00000144.